The van der Waals surface area contributed by atoms with Crippen LogP contribution in [0, 0.1) is 17.6 Å². The Morgan fingerprint density at radius 1 is 1.18 bits per heavy atom. The van der Waals surface area contributed by atoms with Crippen molar-refractivity contribution >= 4 is 47.2 Å². The highest BCUT2D eigenvalue weighted by atomic mass is 127. The van der Waals surface area contributed by atoms with Crippen LogP contribution in [-0.2, 0) is 6.54 Å². The van der Waals surface area contributed by atoms with Crippen LogP contribution in [0.4, 0.5) is 14.5 Å². The maximum Gasteiger partial charge on any atom is 0.191 e. The van der Waals surface area contributed by atoms with Crippen LogP contribution in [0.25, 0.3) is 0 Å². The predicted molar refractivity (Wildman–Crippen MR) is 122 cm³/mol. The lowest BCUT2D eigenvalue weighted by atomic mass is 10.1. The summed E-state index contributed by atoms with van der Waals surface area (Å²) in [6.07, 6.45) is 0.980. The highest BCUT2D eigenvalue weighted by molar-refractivity contribution is 14.0. The number of halogens is 4. The van der Waals surface area contributed by atoms with Crippen LogP contribution >= 0.6 is 35.6 Å². The molecule has 0 spiro atoms. The van der Waals surface area contributed by atoms with Gasteiger partial charge in [0.25, 0.3) is 0 Å². The summed E-state index contributed by atoms with van der Waals surface area (Å²) in [5.74, 6) is -0.513. The minimum Gasteiger partial charge on any atom is -0.371 e. The van der Waals surface area contributed by atoms with E-state index in [9.17, 15) is 8.78 Å². The van der Waals surface area contributed by atoms with Gasteiger partial charge in [0.15, 0.2) is 17.6 Å². The zero-order valence-corrected chi connectivity index (χ0v) is 18.7. The molecule has 0 aliphatic carbocycles. The quantitative estimate of drug-likeness (QED) is 0.348. The molecular weight excluding hydrogens is 497 g/mol. The summed E-state index contributed by atoms with van der Waals surface area (Å²) in [6, 6.07) is 11.7. The third-order valence-electron chi connectivity index (χ3n) is 4.74. The number of hydrogen-bond acceptors (Lipinski definition) is 2. The third kappa shape index (κ3) is 5.94. The van der Waals surface area contributed by atoms with Gasteiger partial charge in [-0.05, 0) is 36.1 Å². The smallest absolute Gasteiger partial charge is 0.191 e. The van der Waals surface area contributed by atoms with Gasteiger partial charge in [-0.15, -0.1) is 24.0 Å². The van der Waals surface area contributed by atoms with Crippen molar-refractivity contribution in [3.8, 4) is 0 Å². The normalized spacial score (nSPS) is 16.6. The van der Waals surface area contributed by atoms with E-state index in [4.69, 9.17) is 11.6 Å². The van der Waals surface area contributed by atoms with Crippen molar-refractivity contribution in [3.05, 3.63) is 64.7 Å². The Morgan fingerprint density at radius 2 is 1.96 bits per heavy atom. The molecule has 0 amide bonds. The fraction of sp³-hybridized carbons (Fsp3) is 0.350. The van der Waals surface area contributed by atoms with E-state index in [0.29, 0.717) is 18.4 Å². The van der Waals surface area contributed by atoms with Gasteiger partial charge in [-0.3, -0.25) is 4.99 Å². The van der Waals surface area contributed by atoms with Crippen LogP contribution in [0.5, 0.6) is 0 Å². The lowest BCUT2D eigenvalue weighted by molar-refractivity contribution is 0.508. The highest BCUT2D eigenvalue weighted by Gasteiger charge is 2.23. The summed E-state index contributed by atoms with van der Waals surface area (Å²) in [4.78, 5) is 6.32. The number of aliphatic imine (C=N–C) groups is 1. The van der Waals surface area contributed by atoms with Gasteiger partial charge in [0.05, 0.1) is 0 Å². The van der Waals surface area contributed by atoms with Gasteiger partial charge < -0.3 is 15.5 Å². The molecule has 0 radical (unpaired) electrons. The molecule has 1 aliphatic heterocycles. The molecule has 0 aromatic heterocycles. The molecular formula is C20H24ClF2IN4. The fourth-order valence-electron chi connectivity index (χ4n) is 3.20. The van der Waals surface area contributed by atoms with Gasteiger partial charge in [0.1, 0.15) is 0 Å². The average Bonchev–Trinajstić information content (AvgIpc) is 3.14. The van der Waals surface area contributed by atoms with E-state index in [-0.39, 0.29) is 24.0 Å². The summed E-state index contributed by atoms with van der Waals surface area (Å²) < 4.78 is 26.5. The van der Waals surface area contributed by atoms with E-state index in [0.717, 1.165) is 42.3 Å². The van der Waals surface area contributed by atoms with E-state index >= 15 is 0 Å². The number of benzene rings is 2. The topological polar surface area (TPSA) is 39.7 Å². The standard InChI is InChI=1S/C20H23ClF2N4.HI/c1-24-20(26-12-15-4-2-3-5-17(15)21)25-11-14-8-9-27(13-14)16-6-7-18(22)19(23)10-16;/h2-7,10,14H,8-9,11-13H2,1H3,(H2,24,25,26);1H. The van der Waals surface area contributed by atoms with Crippen LogP contribution in [0.1, 0.15) is 12.0 Å². The largest absolute Gasteiger partial charge is 0.371 e. The molecule has 0 saturated carbocycles. The van der Waals surface area contributed by atoms with Crippen LogP contribution < -0.4 is 15.5 Å². The van der Waals surface area contributed by atoms with Gasteiger partial charge in [0, 0.05) is 50.0 Å². The van der Waals surface area contributed by atoms with Gasteiger partial charge >= 0.3 is 0 Å². The Morgan fingerprint density at radius 3 is 2.68 bits per heavy atom. The summed E-state index contributed by atoms with van der Waals surface area (Å²) in [5, 5.41) is 7.31. The first kappa shape index (κ1) is 22.7. The lowest BCUT2D eigenvalue weighted by Crippen LogP contribution is -2.40. The first-order valence-electron chi connectivity index (χ1n) is 8.94. The first-order chi connectivity index (χ1) is 13.1. The first-order valence-corrected chi connectivity index (χ1v) is 9.32. The molecule has 1 saturated heterocycles. The molecule has 1 fully saturated rings. The summed E-state index contributed by atoms with van der Waals surface area (Å²) >= 11 is 6.17. The van der Waals surface area contributed by atoms with E-state index < -0.39 is 11.6 Å². The van der Waals surface area contributed by atoms with Crippen LogP contribution in [-0.4, -0.2) is 32.6 Å². The Balaban J connectivity index is 0.00000280. The molecule has 2 aromatic rings. The molecule has 1 atom stereocenters. The Bertz CT molecular complexity index is 819. The molecule has 0 bridgehead atoms. The van der Waals surface area contributed by atoms with Crippen molar-refractivity contribution < 1.29 is 8.78 Å². The number of nitrogens with zero attached hydrogens (tertiary/aromatic N) is 2. The monoisotopic (exact) mass is 520 g/mol. The maximum absolute atomic E-state index is 13.4. The SMILES string of the molecule is CN=C(NCc1ccccc1Cl)NCC1CCN(c2ccc(F)c(F)c2)C1.I. The van der Waals surface area contributed by atoms with Crippen LogP contribution in [0.2, 0.25) is 5.02 Å². The van der Waals surface area contributed by atoms with Gasteiger partial charge in [-0.1, -0.05) is 29.8 Å². The minimum absolute atomic E-state index is 0. The van der Waals surface area contributed by atoms with Crippen LogP contribution in [0.15, 0.2) is 47.5 Å². The Hall–Kier alpha value is -1.61. The predicted octanol–water partition coefficient (Wildman–Crippen LogP) is 4.43. The van der Waals surface area contributed by atoms with Crippen molar-refractivity contribution in [1.29, 1.82) is 0 Å². The van der Waals surface area contributed by atoms with Gasteiger partial charge in [-0.2, -0.15) is 0 Å². The van der Waals surface area contributed by atoms with E-state index in [1.54, 1.807) is 13.1 Å². The minimum atomic E-state index is -0.815. The second kappa shape index (κ2) is 10.8. The van der Waals surface area contributed by atoms with Crippen molar-refractivity contribution in [2.45, 2.75) is 13.0 Å². The maximum atomic E-state index is 13.4. The van der Waals surface area contributed by atoms with Gasteiger partial charge in [-0.25, -0.2) is 8.78 Å². The molecule has 2 N–H and O–H groups in total. The molecule has 3 rings (SSSR count). The second-order valence-corrected chi connectivity index (χ2v) is 7.00. The van der Waals surface area contributed by atoms with Crippen molar-refractivity contribution in [3.63, 3.8) is 0 Å². The Kier molecular flexibility index (Phi) is 8.75. The van der Waals surface area contributed by atoms with E-state index in [1.807, 2.05) is 24.3 Å². The molecule has 1 unspecified atom stereocenters. The van der Waals surface area contributed by atoms with Gasteiger partial charge in [0.2, 0.25) is 0 Å². The number of nitrogens with one attached hydrogen (secondary N) is 2. The molecule has 152 valence electrons. The van der Waals surface area contributed by atoms with Crippen LogP contribution in [0.3, 0.4) is 0 Å². The van der Waals surface area contributed by atoms with Crippen molar-refractivity contribution in [2.75, 3.05) is 31.6 Å². The summed E-state index contributed by atoms with van der Waals surface area (Å²) in [6.45, 7) is 2.95. The Labute approximate surface area is 186 Å². The summed E-state index contributed by atoms with van der Waals surface area (Å²) in [5.41, 5.74) is 1.73. The summed E-state index contributed by atoms with van der Waals surface area (Å²) in [7, 11) is 1.73. The van der Waals surface area contributed by atoms with Crippen molar-refractivity contribution in [1.82, 2.24) is 10.6 Å². The second-order valence-electron chi connectivity index (χ2n) is 6.60. The fourth-order valence-corrected chi connectivity index (χ4v) is 3.40. The zero-order chi connectivity index (χ0) is 19.2. The average molecular weight is 521 g/mol. The van der Waals surface area contributed by atoms with E-state index in [1.165, 1.54) is 12.1 Å². The number of hydrogen-bond donors (Lipinski definition) is 2. The molecule has 2 aromatic carbocycles. The zero-order valence-electron chi connectivity index (χ0n) is 15.6. The lowest BCUT2D eigenvalue weighted by Gasteiger charge is -2.19. The molecule has 1 aliphatic rings. The number of rotatable bonds is 5. The third-order valence-corrected chi connectivity index (χ3v) is 5.11. The van der Waals surface area contributed by atoms with E-state index in [2.05, 4.69) is 20.5 Å². The van der Waals surface area contributed by atoms with Crippen molar-refractivity contribution in [2.24, 2.45) is 10.9 Å². The number of anilines is 1. The molecule has 28 heavy (non-hydrogen) atoms. The number of guanidine groups is 1. The molecule has 1 heterocycles. The highest BCUT2D eigenvalue weighted by Crippen LogP contribution is 2.25. The molecule has 8 heteroatoms. The molecule has 4 nitrogen and oxygen atoms in total.